The van der Waals surface area contributed by atoms with Crippen LogP contribution in [0.25, 0.3) is 0 Å². The number of H-pyrrole nitrogens is 1. The largest absolute Gasteiger partial charge is 0.348 e. The van der Waals surface area contributed by atoms with E-state index >= 15 is 0 Å². The monoisotopic (exact) mass is 445 g/mol. The lowest BCUT2D eigenvalue weighted by Crippen LogP contribution is -2.48. The van der Waals surface area contributed by atoms with Crippen LogP contribution in [0.3, 0.4) is 0 Å². The van der Waals surface area contributed by atoms with Crippen LogP contribution >= 0.6 is 0 Å². The van der Waals surface area contributed by atoms with Gasteiger partial charge in [-0.05, 0) is 52.1 Å². The Kier molecular flexibility index (Phi) is 9.72. The number of hydrogen-bond donors (Lipinski definition) is 2. The molecule has 0 unspecified atom stereocenters. The topological polar surface area (TPSA) is 81.3 Å². The minimum absolute atomic E-state index is 0.153. The van der Waals surface area contributed by atoms with Gasteiger partial charge >= 0.3 is 0 Å². The van der Waals surface area contributed by atoms with Crippen molar-refractivity contribution >= 4 is 11.7 Å². The molecule has 1 aliphatic heterocycles. The van der Waals surface area contributed by atoms with Crippen molar-refractivity contribution in [3.05, 3.63) is 18.2 Å². The minimum atomic E-state index is -0.193. The molecule has 3 rings (SSSR count). The van der Waals surface area contributed by atoms with E-state index in [4.69, 9.17) is 0 Å². The first-order valence-electron chi connectivity index (χ1n) is 12.7. The number of likely N-dealkylation sites (N-methyl/N-ethyl adjacent to an activating group) is 2. The molecule has 2 N–H and O–H groups in total. The maximum Gasteiger partial charge on any atom is 0.226 e. The van der Waals surface area contributed by atoms with E-state index in [-0.39, 0.29) is 29.7 Å². The molecule has 1 amide bonds. The molecule has 7 heteroatoms. The van der Waals surface area contributed by atoms with E-state index in [1.807, 2.05) is 20.2 Å². The molecule has 3 atom stereocenters. The predicted molar refractivity (Wildman–Crippen MR) is 127 cm³/mol. The van der Waals surface area contributed by atoms with Gasteiger partial charge in [-0.25, -0.2) is 4.98 Å². The lowest BCUT2D eigenvalue weighted by Gasteiger charge is -2.36. The molecule has 1 saturated heterocycles. The third kappa shape index (κ3) is 6.64. The van der Waals surface area contributed by atoms with Crippen LogP contribution in [-0.4, -0.2) is 76.8 Å². The first-order valence-corrected chi connectivity index (χ1v) is 12.7. The molecular formula is C25H43N5O2. The SMILES string of the molecule is CCN(CCc1cnc[nH]1)C[C@@H]1CCCN1C(=O)[C@@H](CC(=O)[C@H](C)NC)C1CCCCC1. The molecule has 0 radical (unpaired) electrons. The zero-order valence-electron chi connectivity index (χ0n) is 20.3. The summed E-state index contributed by atoms with van der Waals surface area (Å²) in [5.74, 6) is 0.606. The molecule has 2 aliphatic rings. The van der Waals surface area contributed by atoms with Gasteiger partial charge in [-0.1, -0.05) is 26.2 Å². The lowest BCUT2D eigenvalue weighted by molar-refractivity contribution is -0.142. The molecular weight excluding hydrogens is 402 g/mol. The maximum atomic E-state index is 13.8. The highest BCUT2D eigenvalue weighted by Crippen LogP contribution is 2.35. The van der Waals surface area contributed by atoms with Gasteiger partial charge in [-0.15, -0.1) is 0 Å². The van der Waals surface area contributed by atoms with Gasteiger partial charge in [0.15, 0.2) is 0 Å². The van der Waals surface area contributed by atoms with Crippen LogP contribution < -0.4 is 5.32 Å². The summed E-state index contributed by atoms with van der Waals surface area (Å²) in [6.45, 7) is 7.77. The second-order valence-corrected chi connectivity index (χ2v) is 9.73. The van der Waals surface area contributed by atoms with Crippen LogP contribution in [0.5, 0.6) is 0 Å². The average Bonchev–Trinajstić information content (AvgIpc) is 3.51. The van der Waals surface area contributed by atoms with Crippen LogP contribution in [0.2, 0.25) is 0 Å². The Labute approximate surface area is 193 Å². The van der Waals surface area contributed by atoms with Crippen LogP contribution in [0.1, 0.15) is 70.9 Å². The number of rotatable bonds is 12. The maximum absolute atomic E-state index is 13.8. The van der Waals surface area contributed by atoms with Crippen molar-refractivity contribution in [2.45, 2.75) is 83.7 Å². The summed E-state index contributed by atoms with van der Waals surface area (Å²) in [4.78, 5) is 38.5. The van der Waals surface area contributed by atoms with Crippen LogP contribution in [0.4, 0.5) is 0 Å². The molecule has 0 spiro atoms. The Bertz CT molecular complexity index is 701. The summed E-state index contributed by atoms with van der Waals surface area (Å²) in [5, 5.41) is 3.06. The molecule has 7 nitrogen and oxygen atoms in total. The van der Waals surface area contributed by atoms with Crippen molar-refractivity contribution in [2.24, 2.45) is 11.8 Å². The smallest absolute Gasteiger partial charge is 0.226 e. The summed E-state index contributed by atoms with van der Waals surface area (Å²) in [6, 6.07) is 0.0634. The fourth-order valence-corrected chi connectivity index (χ4v) is 5.45. The fourth-order valence-electron chi connectivity index (χ4n) is 5.45. The summed E-state index contributed by atoms with van der Waals surface area (Å²) < 4.78 is 0. The number of amides is 1. The number of nitrogens with zero attached hydrogens (tertiary/aromatic N) is 3. The molecule has 0 aromatic carbocycles. The summed E-state index contributed by atoms with van der Waals surface area (Å²) in [6.07, 6.45) is 12.9. The Morgan fingerprint density at radius 1 is 1.25 bits per heavy atom. The number of Topliss-reactive ketones (excluding diaryl/α,β-unsaturated/α-hetero) is 1. The van der Waals surface area contributed by atoms with Crippen LogP contribution in [-0.2, 0) is 16.0 Å². The number of nitrogens with one attached hydrogen (secondary N) is 2. The van der Waals surface area contributed by atoms with Crippen molar-refractivity contribution < 1.29 is 9.59 Å². The molecule has 1 aliphatic carbocycles. The van der Waals surface area contributed by atoms with Gasteiger partial charge in [0.1, 0.15) is 5.78 Å². The molecule has 1 saturated carbocycles. The predicted octanol–water partition coefficient (Wildman–Crippen LogP) is 3.03. The van der Waals surface area contributed by atoms with Gasteiger partial charge in [0.05, 0.1) is 12.4 Å². The number of carbonyl (C=O) groups is 2. The summed E-state index contributed by atoms with van der Waals surface area (Å²) >= 11 is 0. The van der Waals surface area contributed by atoms with Crippen molar-refractivity contribution in [2.75, 3.05) is 33.2 Å². The minimum Gasteiger partial charge on any atom is -0.348 e. The number of likely N-dealkylation sites (tertiary alicyclic amines) is 1. The second-order valence-electron chi connectivity index (χ2n) is 9.73. The van der Waals surface area contributed by atoms with Crippen LogP contribution in [0.15, 0.2) is 12.5 Å². The van der Waals surface area contributed by atoms with Gasteiger partial charge in [0, 0.05) is 56.3 Å². The molecule has 1 aromatic rings. The first-order chi connectivity index (χ1) is 15.5. The van der Waals surface area contributed by atoms with Gasteiger partial charge < -0.3 is 20.1 Å². The van der Waals surface area contributed by atoms with Crippen molar-refractivity contribution in [1.82, 2.24) is 25.1 Å². The molecule has 32 heavy (non-hydrogen) atoms. The molecule has 1 aromatic heterocycles. The van der Waals surface area contributed by atoms with E-state index in [1.54, 1.807) is 6.33 Å². The van der Waals surface area contributed by atoms with E-state index in [1.165, 1.54) is 19.3 Å². The zero-order chi connectivity index (χ0) is 22.9. The number of hydrogen-bond acceptors (Lipinski definition) is 5. The van der Waals surface area contributed by atoms with Crippen molar-refractivity contribution in [3.8, 4) is 0 Å². The lowest BCUT2D eigenvalue weighted by atomic mass is 9.76. The van der Waals surface area contributed by atoms with E-state index in [9.17, 15) is 9.59 Å². The first kappa shape index (κ1) is 24.9. The Balaban J connectivity index is 1.65. The molecule has 180 valence electrons. The Morgan fingerprint density at radius 3 is 2.69 bits per heavy atom. The highest BCUT2D eigenvalue weighted by atomic mass is 16.2. The number of ketones is 1. The van der Waals surface area contributed by atoms with E-state index < -0.39 is 0 Å². The normalized spacial score (nSPS) is 21.8. The fraction of sp³-hybridized carbons (Fsp3) is 0.800. The highest BCUT2D eigenvalue weighted by Gasteiger charge is 2.39. The summed E-state index contributed by atoms with van der Waals surface area (Å²) in [7, 11) is 1.82. The Morgan fingerprint density at radius 2 is 2.03 bits per heavy atom. The van der Waals surface area contributed by atoms with Gasteiger partial charge in [-0.2, -0.15) is 0 Å². The molecule has 0 bridgehead atoms. The van der Waals surface area contributed by atoms with Crippen molar-refractivity contribution in [3.63, 3.8) is 0 Å². The van der Waals surface area contributed by atoms with Gasteiger partial charge in [0.25, 0.3) is 0 Å². The van der Waals surface area contributed by atoms with Crippen molar-refractivity contribution in [1.29, 1.82) is 0 Å². The number of aromatic nitrogens is 2. The van der Waals surface area contributed by atoms with E-state index in [0.717, 1.165) is 64.0 Å². The number of imidazole rings is 1. The average molecular weight is 446 g/mol. The van der Waals surface area contributed by atoms with E-state index in [0.29, 0.717) is 12.3 Å². The summed E-state index contributed by atoms with van der Waals surface area (Å²) in [5.41, 5.74) is 1.15. The number of aromatic amines is 1. The van der Waals surface area contributed by atoms with E-state index in [2.05, 4.69) is 32.0 Å². The third-order valence-corrected chi connectivity index (χ3v) is 7.70. The molecule has 2 heterocycles. The zero-order valence-corrected chi connectivity index (χ0v) is 20.3. The highest BCUT2D eigenvalue weighted by molar-refractivity contribution is 5.90. The number of carbonyl (C=O) groups excluding carboxylic acids is 2. The van der Waals surface area contributed by atoms with Gasteiger partial charge in [-0.3, -0.25) is 9.59 Å². The van der Waals surface area contributed by atoms with Crippen LogP contribution in [0, 0.1) is 11.8 Å². The second kappa shape index (κ2) is 12.5. The standard InChI is InChI=1S/C25H43N5O2/c1-4-29(14-12-21-16-27-18-28-21)17-22-11-8-13-30(22)25(32)23(15-24(31)19(2)26-3)20-9-6-5-7-10-20/h16,18-20,22-23,26H,4-15,17H2,1-3H3,(H,27,28)/t19-,22-,23-/m0/s1. The Hall–Kier alpha value is -1.73. The molecule has 2 fully saturated rings. The third-order valence-electron chi connectivity index (χ3n) is 7.70. The van der Waals surface area contributed by atoms with Gasteiger partial charge in [0.2, 0.25) is 5.91 Å². The quantitative estimate of drug-likeness (QED) is 0.517.